The van der Waals surface area contributed by atoms with Crippen LogP contribution in [0.4, 0.5) is 0 Å². The Morgan fingerprint density at radius 2 is 1.96 bits per heavy atom. The van der Waals surface area contributed by atoms with E-state index in [0.717, 1.165) is 22.0 Å². The van der Waals surface area contributed by atoms with E-state index < -0.39 is 5.91 Å². The number of aromatic nitrogens is 1. The zero-order chi connectivity index (χ0) is 19.1. The van der Waals surface area contributed by atoms with Crippen molar-refractivity contribution in [1.82, 2.24) is 9.88 Å². The molecule has 2 aromatic carbocycles. The van der Waals surface area contributed by atoms with E-state index in [-0.39, 0.29) is 23.9 Å². The van der Waals surface area contributed by atoms with Gasteiger partial charge in [-0.15, -0.1) is 11.6 Å². The maximum atomic E-state index is 12.2. The van der Waals surface area contributed by atoms with Gasteiger partial charge < -0.3 is 15.6 Å². The van der Waals surface area contributed by atoms with Crippen molar-refractivity contribution in [1.29, 1.82) is 0 Å². The van der Waals surface area contributed by atoms with Crippen LogP contribution >= 0.6 is 23.2 Å². The van der Waals surface area contributed by atoms with Gasteiger partial charge in [-0.3, -0.25) is 9.59 Å². The summed E-state index contributed by atoms with van der Waals surface area (Å²) in [7, 11) is 0. The first kappa shape index (κ1) is 17.9. The van der Waals surface area contributed by atoms with Crippen molar-refractivity contribution < 1.29 is 9.59 Å². The van der Waals surface area contributed by atoms with Crippen molar-refractivity contribution in [3.8, 4) is 0 Å². The molecule has 7 heteroatoms. The maximum absolute atomic E-state index is 12.2. The molecule has 0 saturated heterocycles. The molecule has 4 rings (SSSR count). The van der Waals surface area contributed by atoms with Crippen LogP contribution in [0.2, 0.25) is 5.02 Å². The smallest absolute Gasteiger partial charge is 0.265 e. The number of carbonyl (C=O) groups excluding carboxylic acids is 2. The van der Waals surface area contributed by atoms with Crippen LogP contribution in [0.25, 0.3) is 10.9 Å². The molecule has 1 aliphatic carbocycles. The lowest BCUT2D eigenvalue weighted by molar-refractivity contribution is -0.119. The average Bonchev–Trinajstić information content (AvgIpc) is 3.19. The molecule has 1 heterocycles. The van der Waals surface area contributed by atoms with Crippen LogP contribution in [0, 0.1) is 0 Å². The van der Waals surface area contributed by atoms with Gasteiger partial charge in [0.05, 0.1) is 12.1 Å². The third kappa shape index (κ3) is 3.07. The lowest BCUT2D eigenvalue weighted by Crippen LogP contribution is -2.34. The first-order chi connectivity index (χ1) is 13.0. The molecule has 27 heavy (non-hydrogen) atoms. The molecule has 0 spiro atoms. The first-order valence-corrected chi connectivity index (χ1v) is 9.44. The van der Waals surface area contributed by atoms with Gasteiger partial charge in [0, 0.05) is 15.9 Å². The zero-order valence-electron chi connectivity index (χ0n) is 14.3. The topological polar surface area (TPSA) is 77.1 Å². The highest BCUT2D eigenvalue weighted by Crippen LogP contribution is 2.42. The van der Waals surface area contributed by atoms with Crippen LogP contribution in [-0.2, 0) is 11.2 Å². The van der Waals surface area contributed by atoms with E-state index in [2.05, 4.69) is 5.32 Å². The number of rotatable bonds is 4. The second-order valence-electron chi connectivity index (χ2n) is 6.62. The number of alkyl halides is 1. The third-order valence-electron chi connectivity index (χ3n) is 5.03. The van der Waals surface area contributed by atoms with E-state index >= 15 is 0 Å². The summed E-state index contributed by atoms with van der Waals surface area (Å²) in [5.74, 6) is -0.917. The molecule has 2 atom stereocenters. The van der Waals surface area contributed by atoms with E-state index in [9.17, 15) is 9.59 Å². The van der Waals surface area contributed by atoms with Crippen molar-refractivity contribution in [2.75, 3.05) is 5.88 Å². The number of carbonyl (C=O) groups is 2. The molecule has 2 amide bonds. The van der Waals surface area contributed by atoms with Gasteiger partial charge in [0.1, 0.15) is 11.6 Å². The highest BCUT2D eigenvalue weighted by atomic mass is 35.5. The molecule has 1 aromatic heterocycles. The number of halogens is 2. The third-order valence-corrected chi connectivity index (χ3v) is 5.50. The number of hydrogen-bond donors (Lipinski definition) is 2. The summed E-state index contributed by atoms with van der Waals surface area (Å²) in [5.41, 5.74) is 9.03. The fourth-order valence-corrected chi connectivity index (χ4v) is 4.21. The number of primary amides is 1. The number of benzene rings is 2. The van der Waals surface area contributed by atoms with Crippen molar-refractivity contribution in [2.45, 2.75) is 18.5 Å². The van der Waals surface area contributed by atoms with Crippen LogP contribution in [0.15, 0.2) is 48.5 Å². The van der Waals surface area contributed by atoms with Crippen LogP contribution in [0.5, 0.6) is 0 Å². The molecule has 3 N–H and O–H groups in total. The summed E-state index contributed by atoms with van der Waals surface area (Å²) in [4.78, 5) is 24.2. The van der Waals surface area contributed by atoms with Gasteiger partial charge in [-0.05, 0) is 41.8 Å². The van der Waals surface area contributed by atoms with Crippen LogP contribution < -0.4 is 11.1 Å². The number of hydrogen-bond acceptors (Lipinski definition) is 2. The highest BCUT2D eigenvalue weighted by Gasteiger charge is 2.36. The Balaban J connectivity index is 1.90. The Bertz CT molecular complexity index is 1060. The minimum absolute atomic E-state index is 0.129. The standard InChI is InChI=1S/C20H17Cl2N3O2/c21-10-18(26)24-19-14-4-2-1-3-11(14)8-16(19)25-15-6-5-13(22)7-12(15)9-17(25)20(23)27/h1-7,9,16,19H,8,10H2,(H2,23,27)(H,24,26). The molecule has 138 valence electrons. The van der Waals surface area contributed by atoms with Crippen molar-refractivity contribution in [3.63, 3.8) is 0 Å². The molecule has 2 unspecified atom stereocenters. The zero-order valence-corrected chi connectivity index (χ0v) is 15.8. The van der Waals surface area contributed by atoms with Gasteiger partial charge >= 0.3 is 0 Å². The summed E-state index contributed by atoms with van der Waals surface area (Å²) in [5, 5.41) is 4.40. The SMILES string of the molecule is NC(=O)c1cc2cc(Cl)ccc2n1C1Cc2ccccc2C1NC(=O)CCl. The highest BCUT2D eigenvalue weighted by molar-refractivity contribution is 6.31. The van der Waals surface area contributed by atoms with Crippen LogP contribution in [0.3, 0.4) is 0 Å². The maximum Gasteiger partial charge on any atom is 0.265 e. The van der Waals surface area contributed by atoms with Gasteiger partial charge in [0.25, 0.3) is 5.91 Å². The van der Waals surface area contributed by atoms with E-state index in [1.807, 2.05) is 34.9 Å². The largest absolute Gasteiger partial charge is 0.364 e. The summed E-state index contributed by atoms with van der Waals surface area (Å²) >= 11 is 11.8. The van der Waals surface area contributed by atoms with Crippen LogP contribution in [-0.4, -0.2) is 22.3 Å². The van der Waals surface area contributed by atoms with E-state index in [4.69, 9.17) is 28.9 Å². The number of amides is 2. The number of nitrogens with zero attached hydrogens (tertiary/aromatic N) is 1. The van der Waals surface area contributed by atoms with Crippen molar-refractivity contribution in [3.05, 3.63) is 70.4 Å². The molecule has 0 saturated carbocycles. The Morgan fingerprint density at radius 1 is 1.19 bits per heavy atom. The minimum Gasteiger partial charge on any atom is -0.364 e. The van der Waals surface area contributed by atoms with Gasteiger partial charge in [-0.1, -0.05) is 35.9 Å². The lowest BCUT2D eigenvalue weighted by Gasteiger charge is -2.25. The molecular formula is C20H17Cl2N3O2. The fourth-order valence-electron chi connectivity index (χ4n) is 3.95. The molecular weight excluding hydrogens is 385 g/mol. The molecule has 0 radical (unpaired) electrons. The molecule has 3 aromatic rings. The minimum atomic E-state index is -0.527. The van der Waals surface area contributed by atoms with Gasteiger partial charge in [0.15, 0.2) is 0 Å². The number of nitrogens with two attached hydrogens (primary N) is 1. The summed E-state index contributed by atoms with van der Waals surface area (Å²) in [6.45, 7) is 0. The average molecular weight is 402 g/mol. The van der Waals surface area contributed by atoms with Gasteiger partial charge in [-0.25, -0.2) is 0 Å². The van der Waals surface area contributed by atoms with Crippen molar-refractivity contribution in [2.24, 2.45) is 5.73 Å². The fraction of sp³-hybridized carbons (Fsp3) is 0.200. The Morgan fingerprint density at radius 3 is 2.70 bits per heavy atom. The quantitative estimate of drug-likeness (QED) is 0.655. The first-order valence-electron chi connectivity index (χ1n) is 8.53. The molecule has 1 aliphatic rings. The van der Waals surface area contributed by atoms with E-state index in [1.165, 1.54) is 0 Å². The molecule has 0 fully saturated rings. The molecule has 0 aliphatic heterocycles. The van der Waals surface area contributed by atoms with Gasteiger partial charge in [0.2, 0.25) is 5.91 Å². The monoisotopic (exact) mass is 401 g/mol. The van der Waals surface area contributed by atoms with Crippen molar-refractivity contribution >= 4 is 45.9 Å². The second-order valence-corrected chi connectivity index (χ2v) is 7.32. The Labute approximate surface area is 166 Å². The Hall–Kier alpha value is -2.50. The normalized spacial score (nSPS) is 18.4. The predicted molar refractivity (Wildman–Crippen MR) is 106 cm³/mol. The summed E-state index contributed by atoms with van der Waals surface area (Å²) < 4.78 is 1.91. The molecule has 0 bridgehead atoms. The van der Waals surface area contributed by atoms with Gasteiger partial charge in [-0.2, -0.15) is 0 Å². The second kappa shape index (κ2) is 6.91. The summed E-state index contributed by atoms with van der Waals surface area (Å²) in [6.07, 6.45) is 0.663. The predicted octanol–water partition coefficient (Wildman–Crippen LogP) is 3.59. The van der Waals surface area contributed by atoms with E-state index in [0.29, 0.717) is 17.1 Å². The Kier molecular flexibility index (Phi) is 4.58. The molecule has 5 nitrogen and oxygen atoms in total. The lowest BCUT2D eigenvalue weighted by atomic mass is 10.1. The summed E-state index contributed by atoms with van der Waals surface area (Å²) in [6, 6.07) is 14.6. The van der Waals surface area contributed by atoms with Crippen LogP contribution in [0.1, 0.15) is 33.7 Å². The number of fused-ring (bicyclic) bond motifs is 2. The van der Waals surface area contributed by atoms with E-state index in [1.54, 1.807) is 18.2 Å². The number of nitrogens with one attached hydrogen (secondary N) is 1.